The van der Waals surface area contributed by atoms with Gasteiger partial charge in [-0.05, 0) is 42.3 Å². The standard InChI is InChI=1S/C27H24ClF3N4O5/c1-3-21(27(39)34-14-5-7-16(26(33)38)19(29)9-14)35-12-23(40-2)18(10-24(35)37)17-8-13(28)4-6-15(17)20(32)11-22(36)25(30)31/h4-12,21,25H,3,32H2,1-2H3,(H2,33,38)(H,34,39). The molecular weight excluding hydrogens is 553 g/mol. The van der Waals surface area contributed by atoms with E-state index in [0.29, 0.717) is 6.08 Å². The van der Waals surface area contributed by atoms with E-state index in [1.165, 1.54) is 37.6 Å². The lowest BCUT2D eigenvalue weighted by Crippen LogP contribution is -2.32. The minimum atomic E-state index is -3.26. The largest absolute Gasteiger partial charge is 0.495 e. The number of rotatable bonds is 10. The summed E-state index contributed by atoms with van der Waals surface area (Å²) in [5, 5.41) is 2.72. The highest BCUT2D eigenvalue weighted by atomic mass is 35.5. The number of ketones is 1. The fraction of sp³-hybridized carbons (Fsp3) is 0.185. The number of nitrogens with one attached hydrogen (secondary N) is 1. The van der Waals surface area contributed by atoms with Gasteiger partial charge in [0.1, 0.15) is 17.6 Å². The molecule has 210 valence electrons. The van der Waals surface area contributed by atoms with Crippen LogP contribution >= 0.6 is 11.6 Å². The summed E-state index contributed by atoms with van der Waals surface area (Å²) in [6.07, 6.45) is -1.26. The summed E-state index contributed by atoms with van der Waals surface area (Å²) in [7, 11) is 1.31. The Balaban J connectivity index is 2.05. The van der Waals surface area contributed by atoms with Gasteiger partial charge in [-0.15, -0.1) is 0 Å². The van der Waals surface area contributed by atoms with Crippen molar-refractivity contribution in [3.8, 4) is 16.9 Å². The molecule has 1 heterocycles. The Morgan fingerprint density at radius 1 is 1.07 bits per heavy atom. The molecule has 0 saturated heterocycles. The SMILES string of the molecule is CCC(C(=O)Nc1ccc(C(N)=O)c(F)c1)n1cc(OC)c(-c2cc(Cl)ccc2C(N)=CC(=O)C(F)F)cc1=O. The Hall–Kier alpha value is -4.58. The maximum Gasteiger partial charge on any atom is 0.299 e. The van der Waals surface area contributed by atoms with E-state index in [0.717, 1.165) is 22.8 Å². The van der Waals surface area contributed by atoms with Crippen LogP contribution in [-0.2, 0) is 9.59 Å². The number of primary amides is 1. The van der Waals surface area contributed by atoms with Gasteiger partial charge < -0.3 is 21.5 Å². The summed E-state index contributed by atoms with van der Waals surface area (Å²) in [5.74, 6) is -3.96. The van der Waals surface area contributed by atoms with Crippen LogP contribution in [0.4, 0.5) is 18.9 Å². The van der Waals surface area contributed by atoms with Crippen molar-refractivity contribution in [2.75, 3.05) is 12.4 Å². The van der Waals surface area contributed by atoms with Gasteiger partial charge in [0.05, 0.1) is 18.9 Å². The molecule has 0 aliphatic carbocycles. The Kier molecular flexibility index (Phi) is 9.38. The quantitative estimate of drug-likeness (QED) is 0.309. The summed E-state index contributed by atoms with van der Waals surface area (Å²) >= 11 is 6.15. The third-order valence-electron chi connectivity index (χ3n) is 5.89. The van der Waals surface area contributed by atoms with E-state index < -0.39 is 41.4 Å². The molecule has 13 heteroatoms. The van der Waals surface area contributed by atoms with Crippen LogP contribution in [0, 0.1) is 5.82 Å². The van der Waals surface area contributed by atoms with Crippen LogP contribution in [0.15, 0.2) is 59.5 Å². The Morgan fingerprint density at radius 3 is 2.33 bits per heavy atom. The van der Waals surface area contributed by atoms with E-state index >= 15 is 0 Å². The minimum absolute atomic E-state index is 0.0340. The van der Waals surface area contributed by atoms with Gasteiger partial charge in [-0.1, -0.05) is 24.6 Å². The molecule has 0 aliphatic heterocycles. The molecule has 2 aromatic carbocycles. The number of amides is 2. The molecule has 2 amide bonds. The van der Waals surface area contributed by atoms with Gasteiger partial charge in [0.25, 0.3) is 17.9 Å². The number of ether oxygens (including phenoxy) is 1. The van der Waals surface area contributed by atoms with Crippen molar-refractivity contribution >= 4 is 40.6 Å². The number of alkyl halides is 2. The third-order valence-corrected chi connectivity index (χ3v) is 6.12. The number of anilines is 1. The summed E-state index contributed by atoms with van der Waals surface area (Å²) in [6, 6.07) is 7.66. The molecule has 40 heavy (non-hydrogen) atoms. The Labute approximate surface area is 231 Å². The highest BCUT2D eigenvalue weighted by Crippen LogP contribution is 2.36. The predicted octanol–water partition coefficient (Wildman–Crippen LogP) is 4.14. The number of methoxy groups -OCH3 is 1. The van der Waals surface area contributed by atoms with Crippen molar-refractivity contribution in [2.45, 2.75) is 25.8 Å². The molecule has 0 spiro atoms. The fourth-order valence-electron chi connectivity index (χ4n) is 3.96. The average Bonchev–Trinajstić information content (AvgIpc) is 2.89. The first-order valence-electron chi connectivity index (χ1n) is 11.7. The molecule has 1 aromatic heterocycles. The normalized spacial score (nSPS) is 12.2. The van der Waals surface area contributed by atoms with Gasteiger partial charge in [-0.2, -0.15) is 0 Å². The second-order valence-corrected chi connectivity index (χ2v) is 8.90. The van der Waals surface area contributed by atoms with Crippen LogP contribution in [0.1, 0.15) is 35.3 Å². The first-order valence-corrected chi connectivity index (χ1v) is 12.1. The second-order valence-electron chi connectivity index (χ2n) is 8.47. The molecule has 0 fully saturated rings. The number of carbonyl (C=O) groups excluding carboxylic acids is 3. The van der Waals surface area contributed by atoms with Crippen molar-refractivity contribution in [2.24, 2.45) is 11.5 Å². The fourth-order valence-corrected chi connectivity index (χ4v) is 4.13. The first kappa shape index (κ1) is 30.0. The molecule has 3 aromatic rings. The number of halogens is 4. The monoisotopic (exact) mass is 576 g/mol. The van der Waals surface area contributed by atoms with Crippen LogP contribution in [0.5, 0.6) is 5.75 Å². The van der Waals surface area contributed by atoms with E-state index in [1.54, 1.807) is 6.92 Å². The number of carbonyl (C=O) groups is 3. The molecule has 0 aliphatic rings. The first-order chi connectivity index (χ1) is 18.9. The zero-order chi connectivity index (χ0) is 29.7. The van der Waals surface area contributed by atoms with E-state index in [1.807, 2.05) is 0 Å². The van der Waals surface area contributed by atoms with Crippen LogP contribution in [-0.4, -0.2) is 35.7 Å². The lowest BCUT2D eigenvalue weighted by atomic mass is 9.97. The smallest absolute Gasteiger partial charge is 0.299 e. The summed E-state index contributed by atoms with van der Waals surface area (Å²) < 4.78 is 46.3. The lowest BCUT2D eigenvalue weighted by molar-refractivity contribution is -0.124. The zero-order valence-corrected chi connectivity index (χ0v) is 22.0. The van der Waals surface area contributed by atoms with E-state index in [4.69, 9.17) is 27.8 Å². The number of nitrogens with zero attached hydrogens (tertiary/aromatic N) is 1. The van der Waals surface area contributed by atoms with Crippen LogP contribution in [0.25, 0.3) is 16.8 Å². The van der Waals surface area contributed by atoms with Crippen molar-refractivity contribution in [3.05, 3.63) is 87.1 Å². The number of pyridine rings is 1. The molecule has 0 bridgehead atoms. The number of benzene rings is 2. The highest BCUT2D eigenvalue weighted by molar-refractivity contribution is 6.31. The van der Waals surface area contributed by atoms with Crippen molar-refractivity contribution in [1.29, 1.82) is 0 Å². The number of hydrogen-bond acceptors (Lipinski definition) is 6. The van der Waals surface area contributed by atoms with Crippen LogP contribution < -0.4 is 27.1 Å². The third kappa shape index (κ3) is 6.52. The zero-order valence-electron chi connectivity index (χ0n) is 21.2. The van der Waals surface area contributed by atoms with Crippen molar-refractivity contribution in [1.82, 2.24) is 4.57 Å². The average molecular weight is 577 g/mol. The number of nitrogens with two attached hydrogens (primary N) is 2. The van der Waals surface area contributed by atoms with Gasteiger partial charge >= 0.3 is 0 Å². The van der Waals surface area contributed by atoms with Gasteiger partial charge in [0.2, 0.25) is 11.7 Å². The molecule has 0 saturated carbocycles. The van der Waals surface area contributed by atoms with Crippen LogP contribution in [0.2, 0.25) is 5.02 Å². The van der Waals surface area contributed by atoms with E-state index in [-0.39, 0.29) is 50.8 Å². The number of hydrogen-bond donors (Lipinski definition) is 3. The molecular formula is C27H24ClF3N4O5. The minimum Gasteiger partial charge on any atom is -0.495 e. The molecule has 0 radical (unpaired) electrons. The van der Waals surface area contributed by atoms with Gasteiger partial charge in [0.15, 0.2) is 0 Å². The summed E-state index contributed by atoms with van der Waals surface area (Å²) in [4.78, 5) is 49.1. The highest BCUT2D eigenvalue weighted by Gasteiger charge is 2.24. The number of allylic oxidation sites excluding steroid dienone is 1. The molecule has 9 nitrogen and oxygen atoms in total. The molecule has 3 rings (SSSR count). The van der Waals surface area contributed by atoms with Gasteiger partial charge in [-0.25, -0.2) is 13.2 Å². The molecule has 1 unspecified atom stereocenters. The Bertz CT molecular complexity index is 1570. The van der Waals surface area contributed by atoms with Gasteiger partial charge in [-0.3, -0.25) is 23.7 Å². The Morgan fingerprint density at radius 2 is 1.75 bits per heavy atom. The number of aromatic nitrogens is 1. The van der Waals surface area contributed by atoms with Crippen molar-refractivity contribution < 1.29 is 32.3 Å². The summed E-state index contributed by atoms with van der Waals surface area (Å²) in [6.45, 7) is 1.65. The summed E-state index contributed by atoms with van der Waals surface area (Å²) in [5.41, 5.74) is 10.3. The lowest BCUT2D eigenvalue weighted by Gasteiger charge is -2.21. The predicted molar refractivity (Wildman–Crippen MR) is 144 cm³/mol. The topological polar surface area (TPSA) is 147 Å². The molecule has 1 atom stereocenters. The molecule has 5 N–H and O–H groups in total. The van der Waals surface area contributed by atoms with Crippen molar-refractivity contribution in [3.63, 3.8) is 0 Å². The van der Waals surface area contributed by atoms with E-state index in [2.05, 4.69) is 5.32 Å². The van der Waals surface area contributed by atoms with Crippen LogP contribution in [0.3, 0.4) is 0 Å². The maximum atomic E-state index is 14.2. The van der Waals surface area contributed by atoms with Gasteiger partial charge in [0, 0.05) is 39.7 Å². The second kappa shape index (κ2) is 12.5. The van der Waals surface area contributed by atoms with E-state index in [9.17, 15) is 32.3 Å². The maximum absolute atomic E-state index is 14.2.